The van der Waals surface area contributed by atoms with Crippen molar-refractivity contribution in [1.82, 2.24) is 19.9 Å². The molecule has 0 spiro atoms. The van der Waals surface area contributed by atoms with E-state index in [4.69, 9.17) is 26.3 Å². The number of nitrogens with one attached hydrogen (secondary N) is 2. The van der Waals surface area contributed by atoms with Gasteiger partial charge < -0.3 is 25.2 Å². The second-order valence-corrected chi connectivity index (χ2v) is 9.48. The van der Waals surface area contributed by atoms with Crippen molar-refractivity contribution in [2.45, 2.75) is 63.5 Å². The molecule has 1 amide bonds. The third-order valence-electron chi connectivity index (χ3n) is 6.73. The van der Waals surface area contributed by atoms with Crippen LogP contribution in [0.4, 0.5) is 23.5 Å². The average molecular weight is 488 g/mol. The van der Waals surface area contributed by atoms with E-state index in [1.165, 1.54) is 25.7 Å². The third kappa shape index (κ3) is 6.20. The van der Waals surface area contributed by atoms with Crippen LogP contribution < -0.4 is 20.3 Å². The van der Waals surface area contributed by atoms with Crippen molar-refractivity contribution in [1.29, 1.82) is 0 Å². The molecule has 0 unspecified atom stereocenters. The molecule has 2 fully saturated rings. The molecule has 1 aromatic heterocycles. The molecule has 4 rings (SSSR count). The fourth-order valence-corrected chi connectivity index (χ4v) is 4.92. The van der Waals surface area contributed by atoms with Gasteiger partial charge in [0.2, 0.25) is 24.3 Å². The zero-order valence-corrected chi connectivity index (χ0v) is 20.7. The Morgan fingerprint density at radius 3 is 2.41 bits per heavy atom. The monoisotopic (exact) mass is 487 g/mol. The summed E-state index contributed by atoms with van der Waals surface area (Å²) in [5.41, 5.74) is 0.769. The lowest BCUT2D eigenvalue weighted by molar-refractivity contribution is -0.119. The van der Waals surface area contributed by atoms with E-state index in [0.29, 0.717) is 34.7 Å². The van der Waals surface area contributed by atoms with Crippen LogP contribution in [0.1, 0.15) is 51.4 Å². The molecular weight excluding hydrogens is 454 g/mol. The average Bonchev–Trinajstić information content (AvgIpc) is 3.12. The van der Waals surface area contributed by atoms with Crippen LogP contribution in [-0.4, -0.2) is 65.6 Å². The number of methoxy groups -OCH3 is 1. The maximum atomic E-state index is 11.1. The van der Waals surface area contributed by atoms with E-state index in [9.17, 15) is 4.79 Å². The molecule has 1 saturated carbocycles. The van der Waals surface area contributed by atoms with Gasteiger partial charge in [-0.05, 0) is 43.9 Å². The van der Waals surface area contributed by atoms with Crippen molar-refractivity contribution in [2.24, 2.45) is 0 Å². The van der Waals surface area contributed by atoms with Gasteiger partial charge in [0.1, 0.15) is 5.75 Å². The largest absolute Gasteiger partial charge is 0.495 e. The van der Waals surface area contributed by atoms with Gasteiger partial charge in [-0.15, -0.1) is 0 Å². The van der Waals surface area contributed by atoms with Gasteiger partial charge in [0.25, 0.3) is 0 Å². The van der Waals surface area contributed by atoms with Crippen molar-refractivity contribution < 1.29 is 9.53 Å². The van der Waals surface area contributed by atoms with Crippen molar-refractivity contribution in [2.75, 3.05) is 42.8 Å². The third-order valence-corrected chi connectivity index (χ3v) is 7.03. The summed E-state index contributed by atoms with van der Waals surface area (Å²) < 4.78 is 5.25. The highest BCUT2D eigenvalue weighted by molar-refractivity contribution is 6.32. The van der Waals surface area contributed by atoms with E-state index in [-0.39, 0.29) is 6.04 Å². The molecule has 1 aliphatic carbocycles. The number of halogens is 1. The molecule has 2 aliphatic rings. The maximum Gasteiger partial charge on any atom is 0.233 e. The predicted molar refractivity (Wildman–Crippen MR) is 135 cm³/mol. The lowest BCUT2D eigenvalue weighted by Crippen LogP contribution is -2.43. The van der Waals surface area contributed by atoms with Gasteiger partial charge in [0, 0.05) is 37.9 Å². The number of carbonyl (C=O) groups excluding carboxylic acids is 1. The number of likely N-dealkylation sites (tertiary alicyclic amines) is 1. The minimum absolute atomic E-state index is 0.257. The van der Waals surface area contributed by atoms with Gasteiger partial charge in [-0.1, -0.05) is 37.3 Å². The predicted octanol–water partition coefficient (Wildman–Crippen LogP) is 4.47. The first-order chi connectivity index (χ1) is 16.6. The van der Waals surface area contributed by atoms with Crippen LogP contribution in [0.15, 0.2) is 18.2 Å². The van der Waals surface area contributed by atoms with Gasteiger partial charge in [-0.25, -0.2) is 0 Å². The molecule has 2 N–H and O–H groups in total. The van der Waals surface area contributed by atoms with Crippen molar-refractivity contribution in [3.05, 3.63) is 23.2 Å². The molecule has 184 valence electrons. The number of piperidine rings is 1. The zero-order chi connectivity index (χ0) is 23.9. The zero-order valence-electron chi connectivity index (χ0n) is 20.0. The highest BCUT2D eigenvalue weighted by Gasteiger charge is 2.25. The lowest BCUT2D eigenvalue weighted by atomic mass is 10.0. The van der Waals surface area contributed by atoms with Gasteiger partial charge in [0.15, 0.2) is 0 Å². The fraction of sp³-hybridized carbons (Fsp3) is 0.583. The Morgan fingerprint density at radius 1 is 1.06 bits per heavy atom. The van der Waals surface area contributed by atoms with Crippen LogP contribution in [0.5, 0.6) is 5.75 Å². The van der Waals surface area contributed by atoms with Crippen LogP contribution in [-0.2, 0) is 4.79 Å². The molecule has 0 radical (unpaired) electrons. The van der Waals surface area contributed by atoms with Crippen molar-refractivity contribution >= 4 is 41.5 Å². The Balaban J connectivity index is 1.57. The highest BCUT2D eigenvalue weighted by Crippen LogP contribution is 2.29. The van der Waals surface area contributed by atoms with Crippen molar-refractivity contribution in [3.8, 4) is 5.75 Å². The number of ether oxygens (including phenoxy) is 1. The van der Waals surface area contributed by atoms with E-state index < -0.39 is 0 Å². The van der Waals surface area contributed by atoms with Gasteiger partial charge >= 0.3 is 0 Å². The van der Waals surface area contributed by atoms with Gasteiger partial charge in [-0.2, -0.15) is 15.0 Å². The molecule has 1 aliphatic heterocycles. The number of carbonyl (C=O) groups is 1. The Morgan fingerprint density at radius 2 is 1.76 bits per heavy atom. The summed E-state index contributed by atoms with van der Waals surface area (Å²) in [4.78, 5) is 29.2. The number of aromatic nitrogens is 3. The standard InChI is InChI=1S/C24H34ClN7O2/c1-31(19-11-13-32(16-33)14-12-19)24-29-22(26-17-7-5-3-4-6-8-17)28-23(30-24)27-18-9-10-21(34-2)20(25)15-18/h9-10,15-17,19H,3-8,11-14H2,1-2H3,(H2,26,27,28,29,30). The Labute approximate surface area is 206 Å². The number of nitrogens with zero attached hydrogens (tertiary/aromatic N) is 5. The van der Waals surface area contributed by atoms with Crippen LogP contribution >= 0.6 is 11.6 Å². The van der Waals surface area contributed by atoms with Gasteiger partial charge in [0.05, 0.1) is 12.1 Å². The van der Waals surface area contributed by atoms with Crippen LogP contribution in [0.3, 0.4) is 0 Å². The second-order valence-electron chi connectivity index (χ2n) is 9.07. The summed E-state index contributed by atoms with van der Waals surface area (Å²) in [5.74, 6) is 2.26. The molecule has 0 atom stereocenters. The first kappa shape index (κ1) is 24.3. The van der Waals surface area contributed by atoms with E-state index in [1.807, 2.05) is 24.1 Å². The minimum Gasteiger partial charge on any atom is -0.495 e. The quantitative estimate of drug-likeness (QED) is 0.416. The summed E-state index contributed by atoms with van der Waals surface area (Å²) in [5, 5.41) is 7.35. The number of rotatable bonds is 8. The Hall–Kier alpha value is -2.81. The lowest BCUT2D eigenvalue weighted by Gasteiger charge is -2.35. The summed E-state index contributed by atoms with van der Waals surface area (Å²) in [6.45, 7) is 1.48. The number of anilines is 4. The van der Waals surface area contributed by atoms with Crippen LogP contribution in [0, 0.1) is 0 Å². The number of benzene rings is 1. The molecular formula is C24H34ClN7O2. The van der Waals surface area contributed by atoms with Gasteiger partial charge in [-0.3, -0.25) is 4.79 Å². The number of hydrogen-bond donors (Lipinski definition) is 2. The van der Waals surface area contributed by atoms with E-state index in [1.54, 1.807) is 13.2 Å². The SMILES string of the molecule is COc1ccc(Nc2nc(NC3CCCCCC3)nc(N(C)C3CCN(C=O)CC3)n2)cc1Cl. The topological polar surface area (TPSA) is 95.5 Å². The number of hydrogen-bond acceptors (Lipinski definition) is 8. The summed E-state index contributed by atoms with van der Waals surface area (Å²) in [6, 6.07) is 6.10. The Kier molecular flexibility index (Phi) is 8.26. The molecule has 10 heteroatoms. The first-order valence-electron chi connectivity index (χ1n) is 12.1. The minimum atomic E-state index is 0.257. The molecule has 2 heterocycles. The summed E-state index contributed by atoms with van der Waals surface area (Å²) >= 11 is 6.31. The second kappa shape index (κ2) is 11.6. The maximum absolute atomic E-state index is 11.1. The molecule has 0 bridgehead atoms. The number of amides is 1. The normalized spacial score (nSPS) is 17.7. The van der Waals surface area contributed by atoms with Crippen molar-refractivity contribution in [3.63, 3.8) is 0 Å². The first-order valence-corrected chi connectivity index (χ1v) is 12.5. The molecule has 34 heavy (non-hydrogen) atoms. The van der Waals surface area contributed by atoms with Crippen LogP contribution in [0.2, 0.25) is 5.02 Å². The van der Waals surface area contributed by atoms with E-state index in [2.05, 4.69) is 20.5 Å². The summed E-state index contributed by atoms with van der Waals surface area (Å²) in [6.07, 6.45) is 9.94. The van der Waals surface area contributed by atoms with Crippen LogP contribution in [0.25, 0.3) is 0 Å². The molecule has 2 aromatic rings. The smallest absolute Gasteiger partial charge is 0.233 e. The molecule has 1 saturated heterocycles. The summed E-state index contributed by atoms with van der Waals surface area (Å²) in [7, 11) is 3.60. The van der Waals surface area contributed by atoms with E-state index >= 15 is 0 Å². The highest BCUT2D eigenvalue weighted by atomic mass is 35.5. The molecule has 9 nitrogen and oxygen atoms in total. The van der Waals surface area contributed by atoms with E-state index in [0.717, 1.165) is 50.9 Å². The molecule has 1 aromatic carbocycles. The fourth-order valence-electron chi connectivity index (χ4n) is 4.66. The Bertz CT molecular complexity index is 960.